The number of ether oxygens (including phenoxy) is 2. The molecule has 1 rings (SSSR count). The standard InChI is InChI=1S/C11H18N2O2/c1-3-14-9-8-13-11-10(15-4-2)6-5-7-12-11/h5-7H,3-4,8-9H2,1-2H3,(H,12,13). The van der Waals surface area contributed by atoms with Crippen LogP contribution in [0.5, 0.6) is 5.75 Å². The highest BCUT2D eigenvalue weighted by atomic mass is 16.5. The minimum atomic E-state index is 0.645. The molecule has 1 heterocycles. The molecular weight excluding hydrogens is 192 g/mol. The molecule has 4 heteroatoms. The van der Waals surface area contributed by atoms with Gasteiger partial charge in [0.05, 0.1) is 13.2 Å². The molecule has 0 aromatic carbocycles. The van der Waals surface area contributed by atoms with Gasteiger partial charge in [-0.1, -0.05) is 0 Å². The van der Waals surface area contributed by atoms with Gasteiger partial charge in [0.15, 0.2) is 11.6 Å². The van der Waals surface area contributed by atoms with Crippen molar-refractivity contribution in [3.05, 3.63) is 18.3 Å². The molecule has 0 saturated heterocycles. The summed E-state index contributed by atoms with van der Waals surface area (Å²) in [7, 11) is 0. The van der Waals surface area contributed by atoms with Crippen LogP contribution in [0.4, 0.5) is 5.82 Å². The van der Waals surface area contributed by atoms with E-state index in [1.165, 1.54) is 0 Å². The lowest BCUT2D eigenvalue weighted by Crippen LogP contribution is -2.11. The molecule has 0 aliphatic carbocycles. The molecule has 1 aromatic rings. The van der Waals surface area contributed by atoms with Crippen LogP contribution < -0.4 is 10.1 Å². The van der Waals surface area contributed by atoms with Gasteiger partial charge >= 0.3 is 0 Å². The van der Waals surface area contributed by atoms with Gasteiger partial charge in [0.1, 0.15) is 0 Å². The summed E-state index contributed by atoms with van der Waals surface area (Å²) in [6.07, 6.45) is 1.74. The van der Waals surface area contributed by atoms with Crippen molar-refractivity contribution < 1.29 is 9.47 Å². The Hall–Kier alpha value is -1.29. The minimum Gasteiger partial charge on any atom is -0.490 e. The lowest BCUT2D eigenvalue weighted by atomic mass is 10.4. The summed E-state index contributed by atoms with van der Waals surface area (Å²) < 4.78 is 10.7. The zero-order valence-corrected chi connectivity index (χ0v) is 9.32. The Morgan fingerprint density at radius 1 is 1.33 bits per heavy atom. The molecule has 15 heavy (non-hydrogen) atoms. The molecule has 0 unspecified atom stereocenters. The first-order valence-electron chi connectivity index (χ1n) is 5.28. The summed E-state index contributed by atoms with van der Waals surface area (Å²) >= 11 is 0. The normalized spacial score (nSPS) is 10.0. The van der Waals surface area contributed by atoms with Crippen molar-refractivity contribution >= 4 is 5.82 Å². The summed E-state index contributed by atoms with van der Waals surface area (Å²) in [5.41, 5.74) is 0. The highest BCUT2D eigenvalue weighted by Gasteiger charge is 2.01. The fourth-order valence-electron chi connectivity index (χ4n) is 1.18. The van der Waals surface area contributed by atoms with Gasteiger partial charge < -0.3 is 14.8 Å². The third-order valence-corrected chi connectivity index (χ3v) is 1.81. The van der Waals surface area contributed by atoms with Gasteiger partial charge in [0, 0.05) is 19.3 Å². The van der Waals surface area contributed by atoms with E-state index in [4.69, 9.17) is 9.47 Å². The predicted octanol–water partition coefficient (Wildman–Crippen LogP) is 1.93. The van der Waals surface area contributed by atoms with Crippen molar-refractivity contribution in [3.8, 4) is 5.75 Å². The quantitative estimate of drug-likeness (QED) is 0.698. The van der Waals surface area contributed by atoms with Crippen LogP contribution in [0, 0.1) is 0 Å². The monoisotopic (exact) mass is 210 g/mol. The largest absolute Gasteiger partial charge is 0.490 e. The van der Waals surface area contributed by atoms with E-state index >= 15 is 0 Å². The van der Waals surface area contributed by atoms with Gasteiger partial charge in [0.2, 0.25) is 0 Å². The number of hydrogen-bond donors (Lipinski definition) is 1. The summed E-state index contributed by atoms with van der Waals surface area (Å²) in [4.78, 5) is 4.20. The average molecular weight is 210 g/mol. The van der Waals surface area contributed by atoms with Gasteiger partial charge in [-0.15, -0.1) is 0 Å². The number of rotatable bonds is 7. The SMILES string of the molecule is CCOCCNc1ncccc1OCC. The van der Waals surface area contributed by atoms with Crippen molar-refractivity contribution in [2.24, 2.45) is 0 Å². The van der Waals surface area contributed by atoms with Gasteiger partial charge in [-0.05, 0) is 26.0 Å². The van der Waals surface area contributed by atoms with E-state index in [-0.39, 0.29) is 0 Å². The lowest BCUT2D eigenvalue weighted by molar-refractivity contribution is 0.158. The van der Waals surface area contributed by atoms with E-state index in [2.05, 4.69) is 10.3 Å². The Morgan fingerprint density at radius 3 is 2.93 bits per heavy atom. The summed E-state index contributed by atoms with van der Waals surface area (Å²) in [5, 5.41) is 3.17. The second-order valence-corrected chi connectivity index (χ2v) is 2.91. The molecule has 0 atom stereocenters. The number of nitrogens with one attached hydrogen (secondary N) is 1. The van der Waals surface area contributed by atoms with E-state index in [9.17, 15) is 0 Å². The van der Waals surface area contributed by atoms with E-state index < -0.39 is 0 Å². The second-order valence-electron chi connectivity index (χ2n) is 2.91. The maximum Gasteiger partial charge on any atom is 0.168 e. The number of nitrogens with zero attached hydrogens (tertiary/aromatic N) is 1. The van der Waals surface area contributed by atoms with Gasteiger partial charge in [-0.3, -0.25) is 0 Å². The number of anilines is 1. The molecule has 4 nitrogen and oxygen atoms in total. The van der Waals surface area contributed by atoms with Crippen molar-refractivity contribution in [2.45, 2.75) is 13.8 Å². The topological polar surface area (TPSA) is 43.4 Å². The van der Waals surface area contributed by atoms with E-state index in [0.29, 0.717) is 13.2 Å². The molecule has 0 aliphatic heterocycles. The van der Waals surface area contributed by atoms with Crippen molar-refractivity contribution in [2.75, 3.05) is 31.7 Å². The Morgan fingerprint density at radius 2 is 2.20 bits per heavy atom. The first kappa shape index (κ1) is 11.8. The summed E-state index contributed by atoms with van der Waals surface area (Å²) in [6.45, 7) is 6.74. The predicted molar refractivity (Wildman–Crippen MR) is 60.4 cm³/mol. The fraction of sp³-hybridized carbons (Fsp3) is 0.545. The van der Waals surface area contributed by atoms with Crippen LogP contribution >= 0.6 is 0 Å². The van der Waals surface area contributed by atoms with Crippen molar-refractivity contribution in [1.29, 1.82) is 0 Å². The second kappa shape index (κ2) is 7.06. The molecule has 0 saturated carbocycles. The third-order valence-electron chi connectivity index (χ3n) is 1.81. The van der Waals surface area contributed by atoms with Gasteiger partial charge in [-0.25, -0.2) is 4.98 Å². The van der Waals surface area contributed by atoms with E-state index in [0.717, 1.165) is 24.7 Å². The number of hydrogen-bond acceptors (Lipinski definition) is 4. The Kier molecular flexibility index (Phi) is 5.55. The average Bonchev–Trinajstić information content (AvgIpc) is 2.27. The first-order chi connectivity index (χ1) is 7.38. The summed E-state index contributed by atoms with van der Waals surface area (Å²) in [5.74, 6) is 1.57. The number of aromatic nitrogens is 1. The Balaban J connectivity index is 2.44. The molecule has 0 fully saturated rings. The molecule has 0 spiro atoms. The van der Waals surface area contributed by atoms with Crippen LogP contribution in [0.3, 0.4) is 0 Å². The van der Waals surface area contributed by atoms with Crippen LogP contribution in [0.25, 0.3) is 0 Å². The van der Waals surface area contributed by atoms with Crippen LogP contribution in [0.15, 0.2) is 18.3 Å². The van der Waals surface area contributed by atoms with Gasteiger partial charge in [-0.2, -0.15) is 0 Å². The first-order valence-corrected chi connectivity index (χ1v) is 5.28. The van der Waals surface area contributed by atoms with Gasteiger partial charge in [0.25, 0.3) is 0 Å². The molecule has 1 aromatic heterocycles. The molecule has 0 aliphatic rings. The van der Waals surface area contributed by atoms with Crippen LogP contribution in [-0.4, -0.2) is 31.3 Å². The highest BCUT2D eigenvalue weighted by molar-refractivity contribution is 5.49. The zero-order valence-electron chi connectivity index (χ0n) is 9.32. The summed E-state index contributed by atoms with van der Waals surface area (Å²) in [6, 6.07) is 3.76. The molecule has 0 radical (unpaired) electrons. The molecule has 0 amide bonds. The lowest BCUT2D eigenvalue weighted by Gasteiger charge is -2.10. The van der Waals surface area contributed by atoms with Crippen molar-refractivity contribution in [3.63, 3.8) is 0 Å². The molecule has 84 valence electrons. The minimum absolute atomic E-state index is 0.645. The smallest absolute Gasteiger partial charge is 0.168 e. The zero-order chi connectivity index (χ0) is 10.9. The van der Waals surface area contributed by atoms with Crippen LogP contribution in [0.2, 0.25) is 0 Å². The van der Waals surface area contributed by atoms with Crippen molar-refractivity contribution in [1.82, 2.24) is 4.98 Å². The molecule has 0 bridgehead atoms. The van der Waals surface area contributed by atoms with Crippen LogP contribution in [-0.2, 0) is 4.74 Å². The maximum absolute atomic E-state index is 5.43. The highest BCUT2D eigenvalue weighted by Crippen LogP contribution is 2.19. The Labute approximate surface area is 90.6 Å². The maximum atomic E-state index is 5.43. The van der Waals surface area contributed by atoms with E-state index in [1.807, 2.05) is 26.0 Å². The molecular formula is C11H18N2O2. The number of pyridine rings is 1. The van der Waals surface area contributed by atoms with E-state index in [1.54, 1.807) is 6.20 Å². The fourth-order valence-corrected chi connectivity index (χ4v) is 1.18. The van der Waals surface area contributed by atoms with Crippen LogP contribution in [0.1, 0.15) is 13.8 Å². The Bertz CT molecular complexity index is 279. The molecule has 1 N–H and O–H groups in total. The third kappa shape index (κ3) is 4.16.